The van der Waals surface area contributed by atoms with Gasteiger partial charge in [0.2, 0.25) is 17.7 Å². The van der Waals surface area contributed by atoms with Gasteiger partial charge in [0.15, 0.2) is 0 Å². The van der Waals surface area contributed by atoms with Crippen molar-refractivity contribution in [1.82, 2.24) is 20.0 Å². The van der Waals surface area contributed by atoms with E-state index >= 15 is 0 Å². The summed E-state index contributed by atoms with van der Waals surface area (Å²) in [6, 6.07) is 4.16. The number of hydrogen-bond donors (Lipinski definition) is 2. The van der Waals surface area contributed by atoms with Gasteiger partial charge in [-0.1, -0.05) is 61.5 Å². The highest BCUT2D eigenvalue weighted by Gasteiger charge is 2.72. The molecule has 4 heterocycles. The van der Waals surface area contributed by atoms with Crippen LogP contribution in [0.4, 0.5) is 5.69 Å². The summed E-state index contributed by atoms with van der Waals surface area (Å²) in [5.74, 6) is -2.24. The number of likely N-dealkylation sites (N-methyl/N-ethyl adjacent to an activating group) is 1. The molecule has 2 bridgehead atoms. The number of anilines is 1. The second-order valence-corrected chi connectivity index (χ2v) is 12.8. The first-order valence-electron chi connectivity index (χ1n) is 15.0. The molecule has 41 heavy (non-hydrogen) atoms. The van der Waals surface area contributed by atoms with Gasteiger partial charge in [-0.25, -0.2) is 0 Å². The lowest BCUT2D eigenvalue weighted by Crippen LogP contribution is -2.57. The van der Waals surface area contributed by atoms with Crippen LogP contribution < -0.4 is 10.6 Å². The second-order valence-electron chi connectivity index (χ2n) is 12.0. The van der Waals surface area contributed by atoms with E-state index in [4.69, 9.17) is 27.9 Å². The monoisotopic (exact) mass is 603 g/mol. The maximum atomic E-state index is 14.2. The van der Waals surface area contributed by atoms with Crippen molar-refractivity contribution in [3.05, 3.63) is 40.4 Å². The molecule has 1 aliphatic carbocycles. The SMILES string of the molecule is CCN1CCN(CCN2C(=O)[C@H]3[C@@H](C(=O)Nc4ccc(Cl)c(Cl)c4)[C@H]4C=C[C@@]3(O4)[C@H]2C(=O)NC2CCCCC2)CC1. The Morgan fingerprint density at radius 1 is 1.00 bits per heavy atom. The summed E-state index contributed by atoms with van der Waals surface area (Å²) < 4.78 is 6.48. The lowest BCUT2D eigenvalue weighted by Gasteiger charge is -2.37. The van der Waals surface area contributed by atoms with Gasteiger partial charge in [0.1, 0.15) is 11.6 Å². The van der Waals surface area contributed by atoms with Gasteiger partial charge in [0.25, 0.3) is 0 Å². The Bertz CT molecular complexity index is 1220. The fourth-order valence-corrected chi connectivity index (χ4v) is 7.71. The van der Waals surface area contributed by atoms with Crippen LogP contribution >= 0.6 is 23.2 Å². The topological polar surface area (TPSA) is 94.2 Å². The number of nitrogens with zero attached hydrogens (tertiary/aromatic N) is 3. The molecule has 11 heteroatoms. The van der Waals surface area contributed by atoms with Crippen LogP contribution in [0.3, 0.4) is 0 Å². The van der Waals surface area contributed by atoms with E-state index in [-0.39, 0.29) is 23.8 Å². The van der Waals surface area contributed by atoms with Crippen molar-refractivity contribution in [2.45, 2.75) is 62.8 Å². The van der Waals surface area contributed by atoms with Gasteiger partial charge in [-0.2, -0.15) is 0 Å². The molecule has 4 fully saturated rings. The zero-order valence-electron chi connectivity index (χ0n) is 23.5. The molecule has 5 aliphatic rings. The molecule has 0 aromatic heterocycles. The van der Waals surface area contributed by atoms with Gasteiger partial charge in [0, 0.05) is 51.0 Å². The minimum absolute atomic E-state index is 0.0992. The lowest BCUT2D eigenvalue weighted by atomic mass is 9.74. The van der Waals surface area contributed by atoms with Crippen LogP contribution in [0.15, 0.2) is 30.4 Å². The van der Waals surface area contributed by atoms with Crippen molar-refractivity contribution in [3.8, 4) is 0 Å². The first kappa shape index (κ1) is 28.9. The zero-order valence-corrected chi connectivity index (χ0v) is 25.0. The van der Waals surface area contributed by atoms with Crippen molar-refractivity contribution in [2.75, 3.05) is 51.1 Å². The Hall–Kier alpha value is -2.17. The molecule has 1 aromatic carbocycles. The number of likely N-dealkylation sites (tertiary alicyclic amines) is 1. The van der Waals surface area contributed by atoms with Crippen LogP contribution in [0, 0.1) is 11.8 Å². The lowest BCUT2D eigenvalue weighted by molar-refractivity contribution is -0.141. The third kappa shape index (κ3) is 5.40. The van der Waals surface area contributed by atoms with E-state index in [0.29, 0.717) is 28.8 Å². The molecular formula is C30H39Cl2N5O4. The minimum Gasteiger partial charge on any atom is -0.359 e. The summed E-state index contributed by atoms with van der Waals surface area (Å²) in [7, 11) is 0. The van der Waals surface area contributed by atoms with Crippen LogP contribution in [0.1, 0.15) is 39.0 Å². The van der Waals surface area contributed by atoms with Crippen LogP contribution in [0.25, 0.3) is 0 Å². The molecule has 1 spiro atoms. The quantitative estimate of drug-likeness (QED) is 0.443. The Kier molecular flexibility index (Phi) is 8.35. The number of piperazine rings is 1. The number of ether oxygens (including phenoxy) is 1. The van der Waals surface area contributed by atoms with E-state index in [2.05, 4.69) is 27.4 Å². The molecule has 0 unspecified atom stereocenters. The van der Waals surface area contributed by atoms with E-state index in [1.807, 2.05) is 12.2 Å². The normalized spacial score (nSPS) is 32.0. The average Bonchev–Trinajstić information content (AvgIpc) is 3.62. The van der Waals surface area contributed by atoms with Gasteiger partial charge in [-0.3, -0.25) is 19.3 Å². The smallest absolute Gasteiger partial charge is 0.246 e. The predicted octanol–water partition coefficient (Wildman–Crippen LogP) is 3.17. The summed E-state index contributed by atoms with van der Waals surface area (Å²) >= 11 is 12.2. The van der Waals surface area contributed by atoms with E-state index < -0.39 is 29.6 Å². The number of nitrogens with one attached hydrogen (secondary N) is 2. The second kappa shape index (κ2) is 11.8. The standard InChI is InChI=1S/C30H39Cl2N5O4/c1-2-35-12-14-36(15-13-35)16-17-37-26(28(39)33-19-6-4-3-5-7-19)30-11-10-23(41-30)24(25(30)29(37)40)27(38)34-20-8-9-21(31)22(32)18-20/h8-11,18-19,23-26H,2-7,12-17H2,1H3,(H,33,39)(H,34,38)/t23-,24+,25-,26-,30+/m1/s1. The number of amides is 3. The summed E-state index contributed by atoms with van der Waals surface area (Å²) in [4.78, 5) is 48.3. The van der Waals surface area contributed by atoms with Crippen LogP contribution in [0.2, 0.25) is 10.0 Å². The van der Waals surface area contributed by atoms with Gasteiger partial charge in [0.05, 0.1) is 28.0 Å². The molecule has 9 nitrogen and oxygen atoms in total. The minimum atomic E-state index is -1.17. The molecule has 6 rings (SSSR count). The summed E-state index contributed by atoms with van der Waals surface area (Å²) in [6.07, 6.45) is 8.38. The Labute approximate surface area is 251 Å². The largest absolute Gasteiger partial charge is 0.359 e. The molecule has 3 amide bonds. The first-order chi connectivity index (χ1) is 19.8. The number of carbonyl (C=O) groups is 3. The van der Waals surface area contributed by atoms with Crippen LogP contribution in [0.5, 0.6) is 0 Å². The molecule has 3 saturated heterocycles. The predicted molar refractivity (Wildman–Crippen MR) is 158 cm³/mol. The van der Waals surface area contributed by atoms with Crippen molar-refractivity contribution in [1.29, 1.82) is 0 Å². The number of rotatable bonds is 8. The van der Waals surface area contributed by atoms with E-state index in [9.17, 15) is 14.4 Å². The number of fused-ring (bicyclic) bond motifs is 1. The van der Waals surface area contributed by atoms with E-state index in [1.165, 1.54) is 6.42 Å². The van der Waals surface area contributed by atoms with E-state index in [0.717, 1.165) is 58.4 Å². The Balaban J connectivity index is 1.24. The first-order valence-corrected chi connectivity index (χ1v) is 15.7. The number of halogens is 2. The van der Waals surface area contributed by atoms with E-state index in [1.54, 1.807) is 23.1 Å². The number of benzene rings is 1. The highest BCUT2D eigenvalue weighted by Crippen LogP contribution is 2.55. The fraction of sp³-hybridized carbons (Fsp3) is 0.633. The average molecular weight is 605 g/mol. The fourth-order valence-electron chi connectivity index (χ4n) is 7.41. The van der Waals surface area contributed by atoms with Crippen molar-refractivity contribution < 1.29 is 19.1 Å². The Morgan fingerprint density at radius 3 is 2.44 bits per heavy atom. The van der Waals surface area contributed by atoms with Crippen LogP contribution in [-0.4, -0.2) is 102 Å². The summed E-state index contributed by atoms with van der Waals surface area (Å²) in [5.41, 5.74) is -0.675. The molecule has 5 atom stereocenters. The molecule has 2 N–H and O–H groups in total. The zero-order chi connectivity index (χ0) is 28.7. The summed E-state index contributed by atoms with van der Waals surface area (Å²) in [5, 5.41) is 6.87. The van der Waals surface area contributed by atoms with Gasteiger partial charge < -0.3 is 25.2 Å². The molecule has 1 aromatic rings. The van der Waals surface area contributed by atoms with Gasteiger partial charge >= 0.3 is 0 Å². The third-order valence-electron chi connectivity index (χ3n) is 9.63. The molecular weight excluding hydrogens is 565 g/mol. The van der Waals surface area contributed by atoms with Gasteiger partial charge in [-0.05, 0) is 37.6 Å². The highest BCUT2D eigenvalue weighted by molar-refractivity contribution is 6.42. The molecule has 4 aliphatic heterocycles. The number of hydrogen-bond acceptors (Lipinski definition) is 6. The highest BCUT2D eigenvalue weighted by atomic mass is 35.5. The molecule has 1 saturated carbocycles. The Morgan fingerprint density at radius 2 is 1.73 bits per heavy atom. The third-order valence-corrected chi connectivity index (χ3v) is 10.4. The van der Waals surface area contributed by atoms with Gasteiger partial charge in [-0.15, -0.1) is 0 Å². The maximum absolute atomic E-state index is 14.2. The van der Waals surface area contributed by atoms with Crippen molar-refractivity contribution >= 4 is 46.6 Å². The maximum Gasteiger partial charge on any atom is 0.246 e. The van der Waals surface area contributed by atoms with Crippen LogP contribution in [-0.2, 0) is 19.1 Å². The number of carbonyl (C=O) groups excluding carboxylic acids is 3. The molecule has 0 radical (unpaired) electrons. The van der Waals surface area contributed by atoms with Crippen molar-refractivity contribution in [3.63, 3.8) is 0 Å². The van der Waals surface area contributed by atoms with Crippen molar-refractivity contribution in [2.24, 2.45) is 11.8 Å². The molecule has 222 valence electrons. The summed E-state index contributed by atoms with van der Waals surface area (Å²) in [6.45, 7) is 8.13.